The number of nitrogens with zero attached hydrogens (tertiary/aromatic N) is 1. The van der Waals surface area contributed by atoms with Gasteiger partial charge in [-0.1, -0.05) is 0 Å². The summed E-state index contributed by atoms with van der Waals surface area (Å²) in [5.74, 6) is -8.56. The minimum absolute atomic E-state index is 0.0702. The van der Waals surface area contributed by atoms with Crippen LogP contribution in [0.15, 0.2) is 4.99 Å². The van der Waals surface area contributed by atoms with Crippen molar-refractivity contribution in [2.24, 2.45) is 22.2 Å². The van der Waals surface area contributed by atoms with Gasteiger partial charge in [0.2, 0.25) is 17.7 Å². The second kappa shape index (κ2) is 17.9. The molecule has 0 aromatic carbocycles. The lowest BCUT2D eigenvalue weighted by atomic mass is 10.1. The quantitative estimate of drug-likeness (QED) is 0.0391. The zero-order valence-electron chi connectivity index (χ0n) is 21.0. The molecule has 18 nitrogen and oxygen atoms in total. The summed E-state index contributed by atoms with van der Waals surface area (Å²) in [6.07, 6.45) is -2.79. The molecule has 0 spiro atoms. The van der Waals surface area contributed by atoms with Gasteiger partial charge in [0.1, 0.15) is 18.1 Å². The molecular weight excluding hydrogens is 526 g/mol. The summed E-state index contributed by atoms with van der Waals surface area (Å²) >= 11 is 0. The molecule has 18 heteroatoms. The molecule has 0 aromatic heterocycles. The lowest BCUT2D eigenvalue weighted by molar-refractivity contribution is -0.143. The van der Waals surface area contributed by atoms with Gasteiger partial charge in [0.25, 0.3) is 0 Å². The molecule has 39 heavy (non-hydrogen) atoms. The SMILES string of the molecule is NC(N)=NCCCC(NC(=O)C(CCC(=O)O)NC(=O)C(CCC(=O)O)NC(=O)C(N)CCC(=O)O)C(=O)O. The smallest absolute Gasteiger partial charge is 0.326 e. The number of hydrogen-bond acceptors (Lipinski definition) is 9. The van der Waals surface area contributed by atoms with Crippen molar-refractivity contribution in [2.45, 2.75) is 75.5 Å². The van der Waals surface area contributed by atoms with E-state index in [-0.39, 0.29) is 31.8 Å². The van der Waals surface area contributed by atoms with Crippen LogP contribution in [0.1, 0.15) is 51.4 Å². The Bertz CT molecular complexity index is 937. The number of nitrogens with two attached hydrogens (primary N) is 3. The van der Waals surface area contributed by atoms with Gasteiger partial charge in [-0.3, -0.25) is 33.8 Å². The van der Waals surface area contributed by atoms with Gasteiger partial charge in [0, 0.05) is 25.8 Å². The number of rotatable bonds is 20. The molecular formula is C21H35N7O11. The summed E-state index contributed by atoms with van der Waals surface area (Å²) in [7, 11) is 0. The molecule has 0 heterocycles. The van der Waals surface area contributed by atoms with Crippen molar-refractivity contribution < 1.29 is 54.0 Å². The van der Waals surface area contributed by atoms with Crippen molar-refractivity contribution in [1.29, 1.82) is 0 Å². The zero-order valence-corrected chi connectivity index (χ0v) is 21.0. The van der Waals surface area contributed by atoms with Crippen LogP contribution < -0.4 is 33.2 Å². The molecule has 3 amide bonds. The van der Waals surface area contributed by atoms with Crippen LogP contribution in [0, 0.1) is 0 Å². The van der Waals surface area contributed by atoms with Crippen LogP contribution in [0.3, 0.4) is 0 Å². The Labute approximate surface area is 222 Å². The highest BCUT2D eigenvalue weighted by atomic mass is 16.4. The van der Waals surface area contributed by atoms with Crippen molar-refractivity contribution in [2.75, 3.05) is 6.54 Å². The summed E-state index contributed by atoms with van der Waals surface area (Å²) < 4.78 is 0. The van der Waals surface area contributed by atoms with Gasteiger partial charge in [0.05, 0.1) is 6.04 Å². The number of hydrogen-bond donors (Lipinski definition) is 10. The first-order valence-corrected chi connectivity index (χ1v) is 11.7. The first-order chi connectivity index (χ1) is 18.1. The van der Waals surface area contributed by atoms with E-state index in [1.807, 2.05) is 0 Å². The topological polar surface area (TPSA) is 327 Å². The number of nitrogens with one attached hydrogen (secondary N) is 3. The molecule has 0 aliphatic rings. The molecule has 0 saturated heterocycles. The van der Waals surface area contributed by atoms with E-state index in [4.69, 9.17) is 32.5 Å². The molecule has 4 unspecified atom stereocenters. The van der Waals surface area contributed by atoms with Crippen molar-refractivity contribution in [1.82, 2.24) is 16.0 Å². The highest BCUT2D eigenvalue weighted by Gasteiger charge is 2.31. The average Bonchev–Trinajstić information content (AvgIpc) is 2.83. The summed E-state index contributed by atoms with van der Waals surface area (Å²) in [5, 5.41) is 42.7. The molecule has 220 valence electrons. The maximum absolute atomic E-state index is 12.9. The standard InChI is InChI=1S/C21H35N7O11/c22-10(3-6-14(29)30)17(35)26-11(4-7-15(31)32)18(36)27-12(5-8-16(33)34)19(37)28-13(20(38)39)2-1-9-25-21(23)24/h10-13H,1-9,22H2,(H,26,35)(H,27,36)(H,28,37)(H,29,30)(H,31,32)(H,33,34)(H,38,39)(H4,23,24,25). The number of aliphatic carboxylic acids is 4. The number of carbonyl (C=O) groups is 7. The first kappa shape index (κ1) is 34.5. The predicted molar refractivity (Wildman–Crippen MR) is 132 cm³/mol. The van der Waals surface area contributed by atoms with Crippen molar-refractivity contribution in [3.8, 4) is 0 Å². The van der Waals surface area contributed by atoms with E-state index in [9.17, 15) is 38.7 Å². The molecule has 0 saturated carbocycles. The normalized spacial score (nSPS) is 13.6. The number of carboxylic acids is 4. The van der Waals surface area contributed by atoms with E-state index in [1.54, 1.807) is 0 Å². The third-order valence-electron chi connectivity index (χ3n) is 5.13. The number of carbonyl (C=O) groups excluding carboxylic acids is 3. The fourth-order valence-electron chi connectivity index (χ4n) is 3.07. The van der Waals surface area contributed by atoms with Crippen molar-refractivity contribution >= 4 is 47.6 Å². The molecule has 0 radical (unpaired) electrons. The number of carboxylic acid groups (broad SMARTS) is 4. The molecule has 0 rings (SSSR count). The molecule has 4 atom stereocenters. The monoisotopic (exact) mass is 561 g/mol. The van der Waals surface area contributed by atoms with Crippen LogP contribution in [-0.2, 0) is 33.6 Å². The van der Waals surface area contributed by atoms with E-state index < -0.39 is 97.9 Å². The number of guanidine groups is 1. The zero-order chi connectivity index (χ0) is 30.1. The fraction of sp³-hybridized carbons (Fsp3) is 0.619. The lowest BCUT2D eigenvalue weighted by Crippen LogP contribution is -2.57. The molecule has 13 N–H and O–H groups in total. The van der Waals surface area contributed by atoms with Crippen molar-refractivity contribution in [3.05, 3.63) is 0 Å². The minimum Gasteiger partial charge on any atom is -0.481 e. The Kier molecular flexibility index (Phi) is 15.8. The van der Waals surface area contributed by atoms with Crippen LogP contribution in [0.2, 0.25) is 0 Å². The highest BCUT2D eigenvalue weighted by Crippen LogP contribution is 2.06. The van der Waals surface area contributed by atoms with Gasteiger partial charge in [-0.2, -0.15) is 0 Å². The van der Waals surface area contributed by atoms with Crippen LogP contribution in [0.5, 0.6) is 0 Å². The molecule has 0 aliphatic heterocycles. The van der Waals surface area contributed by atoms with Gasteiger partial charge in [0.15, 0.2) is 5.96 Å². The van der Waals surface area contributed by atoms with Crippen LogP contribution >= 0.6 is 0 Å². The summed E-state index contributed by atoms with van der Waals surface area (Å²) in [6.45, 7) is 0.0702. The fourth-order valence-corrected chi connectivity index (χ4v) is 3.07. The van der Waals surface area contributed by atoms with E-state index in [0.717, 1.165) is 0 Å². The third-order valence-corrected chi connectivity index (χ3v) is 5.13. The van der Waals surface area contributed by atoms with Crippen LogP contribution in [-0.4, -0.2) is 98.7 Å². The van der Waals surface area contributed by atoms with E-state index >= 15 is 0 Å². The van der Waals surface area contributed by atoms with Gasteiger partial charge in [-0.25, -0.2) is 4.79 Å². The molecule has 0 aromatic rings. The van der Waals surface area contributed by atoms with Crippen LogP contribution in [0.25, 0.3) is 0 Å². The Hall–Kier alpha value is -4.48. The van der Waals surface area contributed by atoms with E-state index in [1.165, 1.54) is 0 Å². The summed E-state index contributed by atoms with van der Waals surface area (Å²) in [5.41, 5.74) is 16.0. The summed E-state index contributed by atoms with van der Waals surface area (Å²) in [4.78, 5) is 86.1. The Morgan fingerprint density at radius 2 is 1.03 bits per heavy atom. The number of amides is 3. The summed E-state index contributed by atoms with van der Waals surface area (Å²) in [6, 6.07) is -5.90. The molecule has 0 fully saturated rings. The van der Waals surface area contributed by atoms with Gasteiger partial charge >= 0.3 is 23.9 Å². The molecule has 0 aliphatic carbocycles. The molecule has 0 bridgehead atoms. The Morgan fingerprint density at radius 3 is 1.44 bits per heavy atom. The second-order valence-electron chi connectivity index (χ2n) is 8.37. The van der Waals surface area contributed by atoms with Crippen LogP contribution in [0.4, 0.5) is 0 Å². The maximum Gasteiger partial charge on any atom is 0.326 e. The third kappa shape index (κ3) is 16.1. The largest absolute Gasteiger partial charge is 0.481 e. The van der Waals surface area contributed by atoms with Crippen molar-refractivity contribution in [3.63, 3.8) is 0 Å². The predicted octanol–water partition coefficient (Wildman–Crippen LogP) is -3.50. The Morgan fingerprint density at radius 1 is 0.615 bits per heavy atom. The van der Waals surface area contributed by atoms with Gasteiger partial charge in [-0.15, -0.1) is 0 Å². The van der Waals surface area contributed by atoms with Gasteiger partial charge in [-0.05, 0) is 32.1 Å². The number of aliphatic imine (C=N–C) groups is 1. The average molecular weight is 562 g/mol. The first-order valence-electron chi connectivity index (χ1n) is 11.7. The van der Waals surface area contributed by atoms with E-state index in [0.29, 0.717) is 0 Å². The second-order valence-corrected chi connectivity index (χ2v) is 8.37. The Balaban J connectivity index is 5.62. The lowest BCUT2D eigenvalue weighted by Gasteiger charge is -2.25. The maximum atomic E-state index is 12.9. The van der Waals surface area contributed by atoms with Gasteiger partial charge < -0.3 is 53.6 Å². The van der Waals surface area contributed by atoms with E-state index in [2.05, 4.69) is 20.9 Å². The minimum atomic E-state index is -1.57. The highest BCUT2D eigenvalue weighted by molar-refractivity contribution is 5.94.